The van der Waals surface area contributed by atoms with Gasteiger partial charge in [0, 0.05) is 24.3 Å². The molecule has 0 fully saturated rings. The average molecular weight is 206 g/mol. The fourth-order valence-corrected chi connectivity index (χ4v) is 1.86. The van der Waals surface area contributed by atoms with Crippen LogP contribution in [-0.2, 0) is 6.54 Å². The summed E-state index contributed by atoms with van der Waals surface area (Å²) >= 11 is 0. The molecule has 0 spiro atoms. The van der Waals surface area contributed by atoms with Crippen LogP contribution in [0.3, 0.4) is 0 Å². The molecule has 2 nitrogen and oxygen atoms in total. The van der Waals surface area contributed by atoms with E-state index in [1.807, 2.05) is 12.1 Å². The highest BCUT2D eigenvalue weighted by Crippen LogP contribution is 2.14. The standard InChI is InChI=1S/C13H22N2/c1-10(2)15(11(3)4)9-12-6-5-7-13(14)8-12/h5-8,10-11H,9,14H2,1-4H3. The Morgan fingerprint density at radius 1 is 1.13 bits per heavy atom. The quantitative estimate of drug-likeness (QED) is 0.767. The van der Waals surface area contributed by atoms with Crippen molar-refractivity contribution in [1.82, 2.24) is 4.90 Å². The van der Waals surface area contributed by atoms with E-state index in [1.165, 1.54) is 5.56 Å². The Labute approximate surface area is 93.1 Å². The summed E-state index contributed by atoms with van der Waals surface area (Å²) in [5.41, 5.74) is 7.90. The molecular weight excluding hydrogens is 184 g/mol. The lowest BCUT2D eigenvalue weighted by molar-refractivity contribution is 0.166. The summed E-state index contributed by atoms with van der Waals surface area (Å²) in [6.45, 7) is 9.89. The van der Waals surface area contributed by atoms with Gasteiger partial charge in [-0.3, -0.25) is 4.90 Å². The number of hydrogen-bond donors (Lipinski definition) is 1. The Hall–Kier alpha value is -1.02. The topological polar surface area (TPSA) is 29.3 Å². The fourth-order valence-electron chi connectivity index (χ4n) is 1.86. The normalized spacial score (nSPS) is 11.7. The Bertz CT molecular complexity index is 297. The average Bonchev–Trinajstić information content (AvgIpc) is 2.13. The number of nitrogens with zero attached hydrogens (tertiary/aromatic N) is 1. The maximum absolute atomic E-state index is 5.77. The molecule has 0 aliphatic carbocycles. The van der Waals surface area contributed by atoms with Gasteiger partial charge in [-0.05, 0) is 45.4 Å². The van der Waals surface area contributed by atoms with Crippen LogP contribution in [-0.4, -0.2) is 17.0 Å². The molecule has 1 rings (SSSR count). The lowest BCUT2D eigenvalue weighted by atomic mass is 10.1. The van der Waals surface area contributed by atoms with Gasteiger partial charge in [0.05, 0.1) is 0 Å². The minimum absolute atomic E-state index is 0.562. The number of anilines is 1. The second kappa shape index (κ2) is 5.17. The number of rotatable bonds is 4. The van der Waals surface area contributed by atoms with Crippen molar-refractivity contribution in [2.24, 2.45) is 0 Å². The monoisotopic (exact) mass is 206 g/mol. The van der Waals surface area contributed by atoms with Crippen LogP contribution in [0.4, 0.5) is 5.69 Å². The van der Waals surface area contributed by atoms with E-state index in [-0.39, 0.29) is 0 Å². The molecule has 1 aromatic rings. The summed E-state index contributed by atoms with van der Waals surface area (Å²) in [6.07, 6.45) is 0. The van der Waals surface area contributed by atoms with E-state index in [0.29, 0.717) is 12.1 Å². The maximum Gasteiger partial charge on any atom is 0.0317 e. The van der Waals surface area contributed by atoms with E-state index in [2.05, 4.69) is 44.7 Å². The van der Waals surface area contributed by atoms with Crippen LogP contribution in [0.1, 0.15) is 33.3 Å². The highest BCUT2D eigenvalue weighted by molar-refractivity contribution is 5.40. The van der Waals surface area contributed by atoms with Gasteiger partial charge in [0.2, 0.25) is 0 Å². The maximum atomic E-state index is 5.77. The van der Waals surface area contributed by atoms with Crippen molar-refractivity contribution >= 4 is 5.69 Å². The van der Waals surface area contributed by atoms with Gasteiger partial charge < -0.3 is 5.73 Å². The summed E-state index contributed by atoms with van der Waals surface area (Å²) < 4.78 is 0. The predicted octanol–water partition coefficient (Wildman–Crippen LogP) is 2.89. The molecule has 0 aromatic heterocycles. The van der Waals surface area contributed by atoms with E-state index in [1.54, 1.807) is 0 Å². The summed E-state index contributed by atoms with van der Waals surface area (Å²) in [5.74, 6) is 0. The van der Waals surface area contributed by atoms with Gasteiger partial charge in [0.25, 0.3) is 0 Å². The van der Waals surface area contributed by atoms with E-state index in [9.17, 15) is 0 Å². The van der Waals surface area contributed by atoms with E-state index < -0.39 is 0 Å². The molecule has 1 aromatic carbocycles. The summed E-state index contributed by atoms with van der Waals surface area (Å²) in [6, 6.07) is 9.26. The van der Waals surface area contributed by atoms with E-state index in [0.717, 1.165) is 12.2 Å². The first-order valence-electron chi connectivity index (χ1n) is 5.61. The third kappa shape index (κ3) is 3.56. The zero-order valence-electron chi connectivity index (χ0n) is 10.2. The zero-order chi connectivity index (χ0) is 11.4. The third-order valence-electron chi connectivity index (χ3n) is 2.64. The molecule has 0 radical (unpaired) electrons. The number of benzene rings is 1. The lowest BCUT2D eigenvalue weighted by Crippen LogP contribution is -2.36. The molecule has 0 heterocycles. The number of hydrogen-bond acceptors (Lipinski definition) is 2. The molecule has 0 saturated heterocycles. The predicted molar refractivity (Wildman–Crippen MR) is 66.7 cm³/mol. The zero-order valence-corrected chi connectivity index (χ0v) is 10.2. The van der Waals surface area contributed by atoms with Gasteiger partial charge in [0.15, 0.2) is 0 Å². The minimum Gasteiger partial charge on any atom is -0.399 e. The Kier molecular flexibility index (Phi) is 4.15. The van der Waals surface area contributed by atoms with Gasteiger partial charge in [0.1, 0.15) is 0 Å². The van der Waals surface area contributed by atoms with Crippen LogP contribution in [0.5, 0.6) is 0 Å². The Morgan fingerprint density at radius 3 is 2.20 bits per heavy atom. The smallest absolute Gasteiger partial charge is 0.0317 e. The first-order valence-corrected chi connectivity index (χ1v) is 5.61. The molecule has 2 heteroatoms. The molecule has 0 amide bonds. The second-order valence-corrected chi connectivity index (χ2v) is 4.60. The van der Waals surface area contributed by atoms with Crippen molar-refractivity contribution in [1.29, 1.82) is 0 Å². The Balaban J connectivity index is 2.74. The summed E-state index contributed by atoms with van der Waals surface area (Å²) in [5, 5.41) is 0. The van der Waals surface area contributed by atoms with E-state index >= 15 is 0 Å². The van der Waals surface area contributed by atoms with Gasteiger partial charge in [-0.1, -0.05) is 12.1 Å². The van der Waals surface area contributed by atoms with Crippen LogP contribution in [0.25, 0.3) is 0 Å². The van der Waals surface area contributed by atoms with Crippen LogP contribution in [0, 0.1) is 0 Å². The summed E-state index contributed by atoms with van der Waals surface area (Å²) in [4.78, 5) is 2.45. The SMILES string of the molecule is CC(C)N(Cc1cccc(N)c1)C(C)C. The Morgan fingerprint density at radius 2 is 1.73 bits per heavy atom. The van der Waals surface area contributed by atoms with E-state index in [4.69, 9.17) is 5.73 Å². The lowest BCUT2D eigenvalue weighted by Gasteiger charge is -2.30. The molecule has 0 saturated carbocycles. The highest BCUT2D eigenvalue weighted by Gasteiger charge is 2.13. The molecule has 2 N–H and O–H groups in total. The minimum atomic E-state index is 0.562. The molecule has 15 heavy (non-hydrogen) atoms. The van der Waals surface area contributed by atoms with Crippen molar-refractivity contribution in [3.63, 3.8) is 0 Å². The number of nitrogens with two attached hydrogens (primary N) is 1. The van der Waals surface area contributed by atoms with Gasteiger partial charge in [-0.2, -0.15) is 0 Å². The molecular formula is C13H22N2. The molecule has 0 aliphatic rings. The first-order chi connectivity index (χ1) is 7.00. The van der Waals surface area contributed by atoms with Crippen molar-refractivity contribution in [2.75, 3.05) is 5.73 Å². The van der Waals surface area contributed by atoms with Gasteiger partial charge >= 0.3 is 0 Å². The largest absolute Gasteiger partial charge is 0.399 e. The van der Waals surface area contributed by atoms with Gasteiger partial charge in [-0.15, -0.1) is 0 Å². The molecule has 0 bridgehead atoms. The first kappa shape index (κ1) is 12.1. The van der Waals surface area contributed by atoms with Crippen molar-refractivity contribution in [2.45, 2.75) is 46.3 Å². The molecule has 0 aliphatic heterocycles. The van der Waals surface area contributed by atoms with Crippen molar-refractivity contribution in [3.05, 3.63) is 29.8 Å². The molecule has 0 unspecified atom stereocenters. The second-order valence-electron chi connectivity index (χ2n) is 4.60. The third-order valence-corrected chi connectivity index (χ3v) is 2.64. The van der Waals surface area contributed by atoms with Crippen LogP contribution in [0.2, 0.25) is 0 Å². The summed E-state index contributed by atoms with van der Waals surface area (Å²) in [7, 11) is 0. The molecule has 0 atom stereocenters. The van der Waals surface area contributed by atoms with Gasteiger partial charge in [-0.25, -0.2) is 0 Å². The van der Waals surface area contributed by atoms with Crippen LogP contribution >= 0.6 is 0 Å². The van der Waals surface area contributed by atoms with Crippen molar-refractivity contribution < 1.29 is 0 Å². The van der Waals surface area contributed by atoms with Crippen LogP contribution in [0.15, 0.2) is 24.3 Å². The molecule has 84 valence electrons. The van der Waals surface area contributed by atoms with Crippen LogP contribution < -0.4 is 5.73 Å². The highest BCUT2D eigenvalue weighted by atomic mass is 15.2. The van der Waals surface area contributed by atoms with Crippen molar-refractivity contribution in [3.8, 4) is 0 Å². The fraction of sp³-hybridized carbons (Fsp3) is 0.538. The number of nitrogen functional groups attached to an aromatic ring is 1.